The Hall–Kier alpha value is -1.35. The van der Waals surface area contributed by atoms with E-state index in [2.05, 4.69) is 56.2 Å². The van der Waals surface area contributed by atoms with Crippen molar-refractivity contribution in [3.8, 4) is 0 Å². The SMILES string of the molecule is CN=C(NCCC(=O)NC1CCCC1)NC1CCN(Cc2ccccc2)CC1.I. The number of piperidine rings is 1. The highest BCUT2D eigenvalue weighted by Crippen LogP contribution is 2.17. The molecule has 7 heteroatoms. The quantitative estimate of drug-likeness (QED) is 0.298. The van der Waals surface area contributed by atoms with Gasteiger partial charge in [-0.1, -0.05) is 43.2 Å². The van der Waals surface area contributed by atoms with Crippen LogP contribution in [0.1, 0.15) is 50.5 Å². The largest absolute Gasteiger partial charge is 0.356 e. The molecule has 0 unspecified atom stereocenters. The van der Waals surface area contributed by atoms with Crippen LogP contribution in [-0.4, -0.2) is 55.5 Å². The zero-order valence-corrected chi connectivity index (χ0v) is 19.9. The number of amides is 1. The fourth-order valence-electron chi connectivity index (χ4n) is 4.13. The zero-order valence-electron chi connectivity index (χ0n) is 17.5. The number of hydrogen-bond acceptors (Lipinski definition) is 3. The minimum atomic E-state index is 0. The van der Waals surface area contributed by atoms with Gasteiger partial charge >= 0.3 is 0 Å². The van der Waals surface area contributed by atoms with Crippen molar-refractivity contribution in [2.24, 2.45) is 4.99 Å². The van der Waals surface area contributed by atoms with Crippen molar-refractivity contribution >= 4 is 35.8 Å². The van der Waals surface area contributed by atoms with E-state index in [-0.39, 0.29) is 29.9 Å². The van der Waals surface area contributed by atoms with Gasteiger partial charge in [-0.25, -0.2) is 0 Å². The molecule has 29 heavy (non-hydrogen) atoms. The predicted molar refractivity (Wildman–Crippen MR) is 130 cm³/mol. The maximum atomic E-state index is 12.0. The molecule has 162 valence electrons. The van der Waals surface area contributed by atoms with Gasteiger partial charge in [-0.2, -0.15) is 0 Å². The molecule has 1 heterocycles. The first-order valence-corrected chi connectivity index (χ1v) is 10.8. The van der Waals surface area contributed by atoms with Crippen molar-refractivity contribution in [3.63, 3.8) is 0 Å². The third-order valence-electron chi connectivity index (χ3n) is 5.77. The average Bonchev–Trinajstić information content (AvgIpc) is 3.22. The summed E-state index contributed by atoms with van der Waals surface area (Å²) in [6.07, 6.45) is 7.45. The Morgan fingerprint density at radius 1 is 1.03 bits per heavy atom. The Kier molecular flexibility index (Phi) is 10.8. The normalized spacial score (nSPS) is 18.9. The van der Waals surface area contributed by atoms with E-state index < -0.39 is 0 Å². The van der Waals surface area contributed by atoms with Crippen LogP contribution in [0.2, 0.25) is 0 Å². The van der Waals surface area contributed by atoms with Crippen molar-refractivity contribution < 1.29 is 4.79 Å². The maximum absolute atomic E-state index is 12.0. The third-order valence-corrected chi connectivity index (χ3v) is 5.77. The molecule has 3 N–H and O–H groups in total. The number of aliphatic imine (C=N–C) groups is 1. The molecular formula is C22H36IN5O. The van der Waals surface area contributed by atoms with Gasteiger partial charge in [0.05, 0.1) is 0 Å². The van der Waals surface area contributed by atoms with Gasteiger partial charge in [0.15, 0.2) is 5.96 Å². The summed E-state index contributed by atoms with van der Waals surface area (Å²) in [5.74, 6) is 0.944. The average molecular weight is 513 g/mol. The second-order valence-electron chi connectivity index (χ2n) is 7.98. The number of halogens is 1. The van der Waals surface area contributed by atoms with Gasteiger partial charge in [0.25, 0.3) is 0 Å². The van der Waals surface area contributed by atoms with Gasteiger partial charge in [-0.15, -0.1) is 24.0 Å². The van der Waals surface area contributed by atoms with Crippen LogP contribution in [0.4, 0.5) is 0 Å². The number of nitrogens with zero attached hydrogens (tertiary/aromatic N) is 2. The van der Waals surface area contributed by atoms with Crippen LogP contribution in [0.15, 0.2) is 35.3 Å². The summed E-state index contributed by atoms with van der Waals surface area (Å²) in [5.41, 5.74) is 1.38. The summed E-state index contributed by atoms with van der Waals surface area (Å²) in [5, 5.41) is 9.94. The molecule has 1 aliphatic heterocycles. The molecule has 0 bridgehead atoms. The first-order chi connectivity index (χ1) is 13.7. The van der Waals surface area contributed by atoms with E-state index in [0.29, 0.717) is 25.0 Å². The van der Waals surface area contributed by atoms with E-state index in [4.69, 9.17) is 0 Å². The lowest BCUT2D eigenvalue weighted by Gasteiger charge is -2.33. The van der Waals surface area contributed by atoms with Gasteiger partial charge in [-0.05, 0) is 31.2 Å². The number of likely N-dealkylation sites (tertiary alicyclic amines) is 1. The number of carbonyl (C=O) groups excluding carboxylic acids is 1. The Bertz CT molecular complexity index is 625. The fourth-order valence-corrected chi connectivity index (χ4v) is 4.13. The Morgan fingerprint density at radius 2 is 1.69 bits per heavy atom. The second kappa shape index (κ2) is 13.1. The van der Waals surface area contributed by atoms with Crippen LogP contribution in [0.5, 0.6) is 0 Å². The Morgan fingerprint density at radius 3 is 2.34 bits per heavy atom. The molecule has 0 aromatic heterocycles. The number of rotatable bonds is 7. The highest BCUT2D eigenvalue weighted by molar-refractivity contribution is 14.0. The van der Waals surface area contributed by atoms with Gasteiger partial charge in [-0.3, -0.25) is 14.7 Å². The highest BCUT2D eigenvalue weighted by Gasteiger charge is 2.20. The lowest BCUT2D eigenvalue weighted by molar-refractivity contribution is -0.121. The molecule has 0 atom stereocenters. The molecule has 6 nitrogen and oxygen atoms in total. The second-order valence-corrected chi connectivity index (χ2v) is 7.98. The molecule has 2 aliphatic rings. The topological polar surface area (TPSA) is 68.8 Å². The van der Waals surface area contributed by atoms with E-state index in [1.807, 2.05) is 0 Å². The molecule has 1 aliphatic carbocycles. The number of carbonyl (C=O) groups is 1. The third kappa shape index (κ3) is 8.50. The number of hydrogen-bond donors (Lipinski definition) is 3. The maximum Gasteiger partial charge on any atom is 0.221 e. The smallest absolute Gasteiger partial charge is 0.221 e. The molecule has 1 amide bonds. The van der Waals surface area contributed by atoms with Crippen molar-refractivity contribution in [3.05, 3.63) is 35.9 Å². The standard InChI is InChI=1S/C22H35N5O.HI/c1-23-22(24-14-11-21(28)25-19-9-5-6-10-19)26-20-12-15-27(16-13-20)17-18-7-3-2-4-8-18;/h2-4,7-8,19-20H,5-6,9-17H2,1H3,(H,25,28)(H2,23,24,26);1H. The summed E-state index contributed by atoms with van der Waals surface area (Å²) in [6, 6.07) is 11.5. The van der Waals surface area contributed by atoms with E-state index in [9.17, 15) is 4.79 Å². The predicted octanol–water partition coefficient (Wildman–Crippen LogP) is 2.88. The Labute approximate surface area is 192 Å². The molecule has 1 saturated carbocycles. The van der Waals surface area contributed by atoms with E-state index in [1.54, 1.807) is 7.05 Å². The van der Waals surface area contributed by atoms with E-state index in [0.717, 1.165) is 51.3 Å². The minimum absolute atomic E-state index is 0. The van der Waals surface area contributed by atoms with Crippen molar-refractivity contribution in [2.45, 2.75) is 63.6 Å². The summed E-state index contributed by atoms with van der Waals surface area (Å²) >= 11 is 0. The van der Waals surface area contributed by atoms with Crippen LogP contribution in [0.3, 0.4) is 0 Å². The van der Waals surface area contributed by atoms with Crippen molar-refractivity contribution in [1.82, 2.24) is 20.9 Å². The van der Waals surface area contributed by atoms with Gasteiger partial charge in [0.1, 0.15) is 0 Å². The fraction of sp³-hybridized carbons (Fsp3) is 0.636. The minimum Gasteiger partial charge on any atom is -0.356 e. The van der Waals surface area contributed by atoms with Gasteiger partial charge < -0.3 is 16.0 Å². The van der Waals surface area contributed by atoms with Crippen LogP contribution in [0.25, 0.3) is 0 Å². The number of benzene rings is 1. The van der Waals surface area contributed by atoms with Crippen molar-refractivity contribution in [2.75, 3.05) is 26.7 Å². The molecule has 3 rings (SSSR count). The van der Waals surface area contributed by atoms with E-state index in [1.165, 1.54) is 18.4 Å². The summed E-state index contributed by atoms with van der Waals surface area (Å²) in [7, 11) is 1.79. The molecule has 1 saturated heterocycles. The number of nitrogens with one attached hydrogen (secondary N) is 3. The summed E-state index contributed by atoms with van der Waals surface area (Å²) in [6.45, 7) is 3.82. The molecule has 1 aromatic rings. The number of guanidine groups is 1. The molecule has 1 aromatic carbocycles. The monoisotopic (exact) mass is 513 g/mol. The molecule has 0 radical (unpaired) electrons. The van der Waals surface area contributed by atoms with Crippen LogP contribution in [-0.2, 0) is 11.3 Å². The van der Waals surface area contributed by atoms with Crippen LogP contribution < -0.4 is 16.0 Å². The molecule has 2 fully saturated rings. The van der Waals surface area contributed by atoms with Crippen molar-refractivity contribution in [1.29, 1.82) is 0 Å². The molecule has 0 spiro atoms. The molecular weight excluding hydrogens is 477 g/mol. The van der Waals surface area contributed by atoms with Crippen LogP contribution in [0, 0.1) is 0 Å². The lowest BCUT2D eigenvalue weighted by atomic mass is 10.0. The summed E-state index contributed by atoms with van der Waals surface area (Å²) in [4.78, 5) is 18.9. The summed E-state index contributed by atoms with van der Waals surface area (Å²) < 4.78 is 0. The van der Waals surface area contributed by atoms with E-state index >= 15 is 0 Å². The van der Waals surface area contributed by atoms with Gasteiger partial charge in [0, 0.05) is 51.7 Å². The zero-order chi connectivity index (χ0) is 19.6. The highest BCUT2D eigenvalue weighted by atomic mass is 127. The lowest BCUT2D eigenvalue weighted by Crippen LogP contribution is -2.49. The first-order valence-electron chi connectivity index (χ1n) is 10.8. The Balaban J connectivity index is 0.00000300. The first kappa shape index (κ1) is 23.9. The van der Waals surface area contributed by atoms with Crippen LogP contribution >= 0.6 is 24.0 Å². The van der Waals surface area contributed by atoms with Gasteiger partial charge in [0.2, 0.25) is 5.91 Å².